The second-order valence-electron chi connectivity index (χ2n) is 4.88. The quantitative estimate of drug-likeness (QED) is 0.894. The third kappa shape index (κ3) is 3.05. The van der Waals surface area contributed by atoms with Gasteiger partial charge in [0.25, 0.3) is 0 Å². The molecule has 18 heavy (non-hydrogen) atoms. The van der Waals surface area contributed by atoms with Gasteiger partial charge in [0.1, 0.15) is 4.21 Å². The number of nitrogens with two attached hydrogens (primary N) is 1. The van der Waals surface area contributed by atoms with Crippen molar-refractivity contribution in [1.29, 1.82) is 0 Å². The molecule has 0 radical (unpaired) electrons. The van der Waals surface area contributed by atoms with Crippen molar-refractivity contribution >= 4 is 27.0 Å². The predicted octanol–water partition coefficient (Wildman–Crippen LogP) is 2.58. The molecule has 0 aliphatic heterocycles. The molecule has 0 bridgehead atoms. The van der Waals surface area contributed by atoms with Crippen LogP contribution in [-0.4, -0.2) is 14.5 Å². The van der Waals surface area contributed by atoms with Gasteiger partial charge in [-0.25, -0.2) is 13.1 Å². The third-order valence-electron chi connectivity index (χ3n) is 3.60. The Hall–Kier alpha value is -0.590. The molecule has 0 spiro atoms. The summed E-state index contributed by atoms with van der Waals surface area (Å²) in [5.41, 5.74) is 6.09. The van der Waals surface area contributed by atoms with Gasteiger partial charge in [0.05, 0.1) is 0 Å². The Balaban J connectivity index is 2.12. The largest absolute Gasteiger partial charge is 0.398 e. The van der Waals surface area contributed by atoms with Gasteiger partial charge in [-0.05, 0) is 24.8 Å². The number of anilines is 1. The smallest absolute Gasteiger partial charge is 0.250 e. The molecule has 0 aromatic carbocycles. The molecule has 1 aliphatic carbocycles. The van der Waals surface area contributed by atoms with Crippen LogP contribution in [0, 0.1) is 5.92 Å². The molecule has 1 saturated carbocycles. The summed E-state index contributed by atoms with van der Waals surface area (Å²) in [6, 6.07) is 1.61. The lowest BCUT2D eigenvalue weighted by Crippen LogP contribution is -2.41. The van der Waals surface area contributed by atoms with E-state index in [0.717, 1.165) is 25.7 Å². The van der Waals surface area contributed by atoms with E-state index >= 15 is 0 Å². The molecule has 1 aromatic heterocycles. The molecule has 1 fully saturated rings. The highest BCUT2D eigenvalue weighted by Crippen LogP contribution is 2.29. The maximum Gasteiger partial charge on any atom is 0.250 e. The van der Waals surface area contributed by atoms with Crippen molar-refractivity contribution in [2.75, 3.05) is 5.73 Å². The summed E-state index contributed by atoms with van der Waals surface area (Å²) in [5.74, 6) is 0.464. The Morgan fingerprint density at radius 1 is 1.44 bits per heavy atom. The van der Waals surface area contributed by atoms with Gasteiger partial charge in [-0.2, -0.15) is 0 Å². The molecule has 3 N–H and O–H groups in total. The van der Waals surface area contributed by atoms with Crippen molar-refractivity contribution in [3.8, 4) is 0 Å². The first-order valence-electron chi connectivity index (χ1n) is 6.39. The van der Waals surface area contributed by atoms with E-state index in [9.17, 15) is 8.42 Å². The lowest BCUT2D eigenvalue weighted by Gasteiger charge is -2.31. The van der Waals surface area contributed by atoms with E-state index in [0.29, 0.717) is 15.8 Å². The topological polar surface area (TPSA) is 72.2 Å². The maximum absolute atomic E-state index is 12.2. The van der Waals surface area contributed by atoms with Gasteiger partial charge >= 0.3 is 0 Å². The zero-order chi connectivity index (χ0) is 13.2. The standard InChI is InChI=1S/C12H20N2O2S2/c1-2-9-5-3-4-6-11(9)14-18(15,16)12-7-10(13)8-17-12/h7-9,11,14H,2-6,13H2,1H3. The summed E-state index contributed by atoms with van der Waals surface area (Å²) in [7, 11) is -3.39. The number of hydrogen-bond donors (Lipinski definition) is 2. The number of nitrogen functional groups attached to an aromatic ring is 1. The van der Waals surface area contributed by atoms with Gasteiger partial charge in [0.15, 0.2) is 0 Å². The molecule has 2 rings (SSSR count). The Bertz CT molecular complexity index is 496. The van der Waals surface area contributed by atoms with E-state index in [1.54, 1.807) is 5.38 Å². The fourth-order valence-electron chi connectivity index (χ4n) is 2.58. The summed E-state index contributed by atoms with van der Waals surface area (Å²) in [4.78, 5) is 0. The highest BCUT2D eigenvalue weighted by atomic mass is 32.2. The van der Waals surface area contributed by atoms with E-state index < -0.39 is 10.0 Å². The van der Waals surface area contributed by atoms with Crippen LogP contribution >= 0.6 is 11.3 Å². The Kier molecular flexibility index (Phi) is 4.29. The molecule has 102 valence electrons. The van der Waals surface area contributed by atoms with Crippen LogP contribution in [0.2, 0.25) is 0 Å². The molecule has 0 amide bonds. The van der Waals surface area contributed by atoms with Crippen LogP contribution < -0.4 is 10.5 Å². The second-order valence-corrected chi connectivity index (χ2v) is 7.73. The van der Waals surface area contributed by atoms with Gasteiger partial charge in [0.2, 0.25) is 10.0 Å². The zero-order valence-corrected chi connectivity index (χ0v) is 12.2. The monoisotopic (exact) mass is 288 g/mol. The molecule has 0 saturated heterocycles. The zero-order valence-electron chi connectivity index (χ0n) is 10.6. The van der Waals surface area contributed by atoms with E-state index in [1.807, 2.05) is 0 Å². The lowest BCUT2D eigenvalue weighted by atomic mass is 9.83. The average molecular weight is 288 g/mol. The number of thiophene rings is 1. The minimum atomic E-state index is -3.39. The van der Waals surface area contributed by atoms with Gasteiger partial charge < -0.3 is 5.73 Å². The van der Waals surface area contributed by atoms with Crippen molar-refractivity contribution in [1.82, 2.24) is 4.72 Å². The number of sulfonamides is 1. The van der Waals surface area contributed by atoms with Gasteiger partial charge in [-0.1, -0.05) is 26.2 Å². The fraction of sp³-hybridized carbons (Fsp3) is 0.667. The number of nitrogens with one attached hydrogen (secondary N) is 1. The maximum atomic E-state index is 12.2. The van der Waals surface area contributed by atoms with Crippen LogP contribution in [0.15, 0.2) is 15.7 Å². The van der Waals surface area contributed by atoms with Crippen molar-refractivity contribution in [3.63, 3.8) is 0 Å². The average Bonchev–Trinajstić information content (AvgIpc) is 2.77. The Morgan fingerprint density at radius 3 is 2.78 bits per heavy atom. The van der Waals surface area contributed by atoms with Crippen molar-refractivity contribution in [2.45, 2.75) is 49.3 Å². The summed E-state index contributed by atoms with van der Waals surface area (Å²) >= 11 is 1.18. The molecule has 2 atom stereocenters. The molecular weight excluding hydrogens is 268 g/mol. The van der Waals surface area contributed by atoms with E-state index in [-0.39, 0.29) is 6.04 Å². The summed E-state index contributed by atoms with van der Waals surface area (Å²) < 4.78 is 27.6. The van der Waals surface area contributed by atoms with Crippen LogP contribution in [0.3, 0.4) is 0 Å². The molecule has 2 unspecified atom stereocenters. The van der Waals surface area contributed by atoms with Crippen LogP contribution in [0.4, 0.5) is 5.69 Å². The summed E-state index contributed by atoms with van der Waals surface area (Å²) in [6.45, 7) is 2.13. The molecule has 1 aromatic rings. The number of hydrogen-bond acceptors (Lipinski definition) is 4. The minimum absolute atomic E-state index is 0.0806. The molecular formula is C12H20N2O2S2. The summed E-state index contributed by atoms with van der Waals surface area (Å²) in [6.07, 6.45) is 5.41. The van der Waals surface area contributed by atoms with Gasteiger partial charge in [-0.15, -0.1) is 11.3 Å². The van der Waals surface area contributed by atoms with Crippen molar-refractivity contribution in [2.24, 2.45) is 5.92 Å². The van der Waals surface area contributed by atoms with Crippen LogP contribution in [0.5, 0.6) is 0 Å². The Labute approximate surface area is 113 Å². The minimum Gasteiger partial charge on any atom is -0.398 e. The highest BCUT2D eigenvalue weighted by Gasteiger charge is 2.28. The summed E-state index contributed by atoms with van der Waals surface area (Å²) in [5, 5.41) is 1.66. The van der Waals surface area contributed by atoms with Gasteiger partial charge in [0, 0.05) is 17.1 Å². The van der Waals surface area contributed by atoms with Crippen LogP contribution in [0.1, 0.15) is 39.0 Å². The molecule has 1 aliphatic rings. The Morgan fingerprint density at radius 2 is 2.17 bits per heavy atom. The second kappa shape index (κ2) is 5.59. The molecule has 6 heteroatoms. The van der Waals surface area contributed by atoms with Crippen LogP contribution in [-0.2, 0) is 10.0 Å². The normalized spacial score (nSPS) is 25.2. The highest BCUT2D eigenvalue weighted by molar-refractivity contribution is 7.91. The first-order chi connectivity index (χ1) is 8.53. The van der Waals surface area contributed by atoms with E-state index in [1.165, 1.54) is 23.8 Å². The first kappa shape index (κ1) is 13.8. The van der Waals surface area contributed by atoms with E-state index in [4.69, 9.17) is 5.73 Å². The van der Waals surface area contributed by atoms with Crippen molar-refractivity contribution < 1.29 is 8.42 Å². The van der Waals surface area contributed by atoms with Crippen molar-refractivity contribution in [3.05, 3.63) is 11.4 Å². The lowest BCUT2D eigenvalue weighted by molar-refractivity contribution is 0.282. The SMILES string of the molecule is CCC1CCCCC1NS(=O)(=O)c1cc(N)cs1. The number of rotatable bonds is 4. The van der Waals surface area contributed by atoms with Gasteiger partial charge in [-0.3, -0.25) is 0 Å². The first-order valence-corrected chi connectivity index (χ1v) is 8.75. The third-order valence-corrected chi connectivity index (χ3v) is 6.55. The fourth-order valence-corrected chi connectivity index (χ4v) is 5.02. The van der Waals surface area contributed by atoms with E-state index in [2.05, 4.69) is 11.6 Å². The van der Waals surface area contributed by atoms with Crippen LogP contribution in [0.25, 0.3) is 0 Å². The molecule has 1 heterocycles. The molecule has 4 nitrogen and oxygen atoms in total. The predicted molar refractivity (Wildman–Crippen MR) is 75.1 cm³/mol.